The van der Waals surface area contributed by atoms with Crippen LogP contribution < -0.4 is 0 Å². The van der Waals surface area contributed by atoms with Crippen molar-refractivity contribution in [1.82, 2.24) is 14.9 Å². The lowest BCUT2D eigenvalue weighted by molar-refractivity contribution is -0.131. The van der Waals surface area contributed by atoms with Gasteiger partial charge in [0.1, 0.15) is 11.4 Å². The number of aromatic nitrogens is 2. The first-order chi connectivity index (χ1) is 12.2. The summed E-state index contributed by atoms with van der Waals surface area (Å²) in [5.74, 6) is 0.169. The Labute approximate surface area is 151 Å². The summed E-state index contributed by atoms with van der Waals surface area (Å²) in [5.41, 5.74) is 3.52. The molecule has 0 radical (unpaired) electrons. The van der Waals surface area contributed by atoms with Crippen molar-refractivity contribution in [3.63, 3.8) is 0 Å². The van der Waals surface area contributed by atoms with Crippen LogP contribution in [-0.2, 0) is 17.8 Å². The van der Waals surface area contributed by atoms with Gasteiger partial charge in [-0.05, 0) is 30.5 Å². The molecule has 0 aliphatic carbocycles. The number of benzene rings is 2. The average molecular weight is 349 g/mol. The van der Waals surface area contributed by atoms with E-state index in [0.29, 0.717) is 6.54 Å². The monoisotopic (exact) mass is 349 g/mol. The molecule has 0 N–H and O–H groups in total. The van der Waals surface area contributed by atoms with Gasteiger partial charge in [-0.1, -0.05) is 54.2 Å². The molecule has 0 bridgehead atoms. The third-order valence-electron chi connectivity index (χ3n) is 4.58. The van der Waals surface area contributed by atoms with Crippen molar-refractivity contribution in [1.29, 1.82) is 0 Å². The van der Waals surface area contributed by atoms with E-state index in [1.807, 2.05) is 42.2 Å². The number of hydrogen-bond acceptors (Lipinski definition) is 4. The fraction of sp³-hybridized carbons (Fsp3) is 0.250. The highest BCUT2D eigenvalue weighted by Gasteiger charge is 2.25. The molecule has 1 aromatic heterocycles. The van der Waals surface area contributed by atoms with Gasteiger partial charge in [-0.2, -0.15) is 0 Å². The predicted octanol–water partition coefficient (Wildman–Crippen LogP) is 3.70. The maximum Gasteiger partial charge on any atom is 0.236 e. The van der Waals surface area contributed by atoms with E-state index in [4.69, 9.17) is 0 Å². The molecule has 1 atom stereocenters. The zero-order chi connectivity index (χ0) is 17.2. The minimum Gasteiger partial charge on any atom is -0.337 e. The van der Waals surface area contributed by atoms with Crippen molar-refractivity contribution in [2.24, 2.45) is 0 Å². The molecular formula is C20H19N3OS. The Morgan fingerprint density at radius 2 is 1.84 bits per heavy atom. The van der Waals surface area contributed by atoms with Crippen LogP contribution in [0, 0.1) is 0 Å². The van der Waals surface area contributed by atoms with Crippen molar-refractivity contribution in [2.75, 3.05) is 6.54 Å². The van der Waals surface area contributed by atoms with Gasteiger partial charge in [0.15, 0.2) is 0 Å². The Morgan fingerprint density at radius 1 is 1.08 bits per heavy atom. The molecule has 0 fully saturated rings. The molecule has 0 spiro atoms. The van der Waals surface area contributed by atoms with E-state index in [-0.39, 0.29) is 11.2 Å². The third kappa shape index (κ3) is 3.24. The van der Waals surface area contributed by atoms with Crippen molar-refractivity contribution in [2.45, 2.75) is 30.2 Å². The molecule has 4 nitrogen and oxygen atoms in total. The number of thioether (sulfide) groups is 1. The van der Waals surface area contributed by atoms with Crippen molar-refractivity contribution < 1.29 is 4.79 Å². The topological polar surface area (TPSA) is 46.1 Å². The summed E-state index contributed by atoms with van der Waals surface area (Å²) in [5, 5.41) is 1.69. The number of carbonyl (C=O) groups is 1. The zero-order valence-corrected chi connectivity index (χ0v) is 14.9. The van der Waals surface area contributed by atoms with Crippen LogP contribution in [0.15, 0.2) is 59.9 Å². The lowest BCUT2D eigenvalue weighted by Crippen LogP contribution is -2.40. The summed E-state index contributed by atoms with van der Waals surface area (Å²) >= 11 is 1.51. The van der Waals surface area contributed by atoms with Crippen LogP contribution in [0.5, 0.6) is 0 Å². The molecule has 1 amide bonds. The maximum absolute atomic E-state index is 12.9. The highest BCUT2D eigenvalue weighted by Crippen LogP contribution is 2.29. The predicted molar refractivity (Wildman–Crippen MR) is 100 cm³/mol. The quantitative estimate of drug-likeness (QED) is 0.534. The van der Waals surface area contributed by atoms with Gasteiger partial charge in [-0.25, -0.2) is 9.97 Å². The Bertz CT molecular complexity index is 922. The molecule has 126 valence electrons. The summed E-state index contributed by atoms with van der Waals surface area (Å²) in [7, 11) is 0. The Hall–Kier alpha value is -2.40. The second kappa shape index (κ2) is 6.84. The maximum atomic E-state index is 12.9. The minimum atomic E-state index is -0.177. The SMILES string of the molecule is C[C@H](Sc1ncnc2ccccc12)C(=O)N1CCc2ccccc2C1. The van der Waals surface area contributed by atoms with Crippen LogP contribution in [0.25, 0.3) is 10.9 Å². The molecule has 25 heavy (non-hydrogen) atoms. The van der Waals surface area contributed by atoms with E-state index in [0.717, 1.165) is 28.9 Å². The Morgan fingerprint density at radius 3 is 2.72 bits per heavy atom. The molecule has 5 heteroatoms. The van der Waals surface area contributed by atoms with Gasteiger partial charge in [0.05, 0.1) is 10.8 Å². The fourth-order valence-corrected chi connectivity index (χ4v) is 4.23. The number of amides is 1. The molecule has 0 saturated heterocycles. The summed E-state index contributed by atoms with van der Waals surface area (Å²) in [6, 6.07) is 16.3. The fourth-order valence-electron chi connectivity index (χ4n) is 3.23. The van der Waals surface area contributed by atoms with Crippen LogP contribution in [0.2, 0.25) is 0 Å². The van der Waals surface area contributed by atoms with Crippen LogP contribution in [0.4, 0.5) is 0 Å². The van der Waals surface area contributed by atoms with Gasteiger partial charge in [0.25, 0.3) is 0 Å². The average Bonchev–Trinajstić information content (AvgIpc) is 2.67. The highest BCUT2D eigenvalue weighted by molar-refractivity contribution is 8.00. The summed E-state index contributed by atoms with van der Waals surface area (Å²) in [4.78, 5) is 23.6. The van der Waals surface area contributed by atoms with E-state index in [9.17, 15) is 4.79 Å². The molecule has 1 aliphatic heterocycles. The first-order valence-corrected chi connectivity index (χ1v) is 9.32. The van der Waals surface area contributed by atoms with Crippen molar-refractivity contribution >= 4 is 28.6 Å². The van der Waals surface area contributed by atoms with E-state index in [2.05, 4.69) is 28.2 Å². The largest absolute Gasteiger partial charge is 0.337 e. The number of rotatable bonds is 3. The number of carbonyl (C=O) groups excluding carboxylic acids is 1. The van der Waals surface area contributed by atoms with E-state index in [1.54, 1.807) is 6.33 Å². The van der Waals surface area contributed by atoms with Crippen molar-refractivity contribution in [3.8, 4) is 0 Å². The number of nitrogens with zero attached hydrogens (tertiary/aromatic N) is 3. The molecule has 2 heterocycles. The first kappa shape index (κ1) is 16.1. The molecule has 0 unspecified atom stereocenters. The number of fused-ring (bicyclic) bond motifs is 2. The van der Waals surface area contributed by atoms with Gasteiger partial charge in [-0.3, -0.25) is 4.79 Å². The van der Waals surface area contributed by atoms with Crippen LogP contribution in [-0.4, -0.2) is 32.6 Å². The van der Waals surface area contributed by atoms with Gasteiger partial charge < -0.3 is 4.90 Å². The van der Waals surface area contributed by atoms with E-state index >= 15 is 0 Å². The Kier molecular flexibility index (Phi) is 4.40. The van der Waals surface area contributed by atoms with Crippen molar-refractivity contribution in [3.05, 3.63) is 66.0 Å². The summed E-state index contributed by atoms with van der Waals surface area (Å²) in [6.45, 7) is 3.44. The standard InChI is InChI=1S/C20H19N3OS/c1-14(25-19-17-8-4-5-9-18(17)21-13-22-19)20(24)23-11-10-15-6-2-3-7-16(15)12-23/h2-9,13-14H,10-12H2,1H3/t14-/m0/s1. The lowest BCUT2D eigenvalue weighted by Gasteiger charge is -2.30. The number of para-hydroxylation sites is 1. The van der Waals surface area contributed by atoms with Gasteiger partial charge in [0, 0.05) is 18.5 Å². The summed E-state index contributed by atoms with van der Waals surface area (Å²) in [6.07, 6.45) is 2.49. The van der Waals surface area contributed by atoms with Gasteiger partial charge >= 0.3 is 0 Å². The third-order valence-corrected chi connectivity index (χ3v) is 5.69. The minimum absolute atomic E-state index is 0.169. The van der Waals surface area contributed by atoms with Gasteiger partial charge in [0.2, 0.25) is 5.91 Å². The van der Waals surface area contributed by atoms with Crippen LogP contribution in [0.3, 0.4) is 0 Å². The molecule has 4 rings (SSSR count). The second-order valence-corrected chi connectivity index (χ2v) is 7.56. The van der Waals surface area contributed by atoms with E-state index < -0.39 is 0 Å². The number of hydrogen-bond donors (Lipinski definition) is 0. The molecule has 0 saturated carbocycles. The van der Waals surface area contributed by atoms with Crippen LogP contribution >= 0.6 is 11.8 Å². The first-order valence-electron chi connectivity index (χ1n) is 8.44. The molecule has 3 aromatic rings. The highest BCUT2D eigenvalue weighted by atomic mass is 32.2. The normalized spacial score (nSPS) is 15.0. The molecule has 2 aromatic carbocycles. The summed E-state index contributed by atoms with van der Waals surface area (Å²) < 4.78 is 0. The Balaban J connectivity index is 1.51. The zero-order valence-electron chi connectivity index (χ0n) is 14.1. The second-order valence-electron chi connectivity index (χ2n) is 6.23. The van der Waals surface area contributed by atoms with Gasteiger partial charge in [-0.15, -0.1) is 0 Å². The molecular weight excluding hydrogens is 330 g/mol. The lowest BCUT2D eigenvalue weighted by atomic mass is 10.00. The van der Waals surface area contributed by atoms with Crippen LogP contribution in [0.1, 0.15) is 18.1 Å². The molecule has 1 aliphatic rings. The smallest absolute Gasteiger partial charge is 0.236 e. The van der Waals surface area contributed by atoms with E-state index in [1.165, 1.54) is 22.9 Å².